The minimum Gasteiger partial charge on any atom is -0.472 e. The highest BCUT2D eigenvalue weighted by molar-refractivity contribution is 5.95. The molecule has 1 aliphatic rings. The summed E-state index contributed by atoms with van der Waals surface area (Å²) >= 11 is 0. The van der Waals surface area contributed by atoms with Gasteiger partial charge in [0.1, 0.15) is 23.6 Å². The number of pyridine rings is 1. The molecule has 0 unspecified atom stereocenters. The van der Waals surface area contributed by atoms with Crippen molar-refractivity contribution in [2.75, 3.05) is 24.8 Å². The van der Waals surface area contributed by atoms with Gasteiger partial charge < -0.3 is 20.1 Å². The summed E-state index contributed by atoms with van der Waals surface area (Å²) < 4.78 is 10.6. The third-order valence-corrected chi connectivity index (χ3v) is 4.26. The lowest BCUT2D eigenvalue weighted by Gasteiger charge is -2.14. The maximum absolute atomic E-state index is 11.8. The van der Waals surface area contributed by atoms with E-state index in [1.54, 1.807) is 13.1 Å². The molecule has 2 aromatic heterocycles. The molecule has 140 valence electrons. The van der Waals surface area contributed by atoms with Crippen LogP contribution in [0.5, 0.6) is 5.88 Å². The van der Waals surface area contributed by atoms with Gasteiger partial charge in [0, 0.05) is 19.3 Å². The predicted octanol–water partition coefficient (Wildman–Crippen LogP) is 2.64. The van der Waals surface area contributed by atoms with Gasteiger partial charge in [0.2, 0.25) is 5.69 Å². The van der Waals surface area contributed by atoms with Crippen LogP contribution in [0.15, 0.2) is 18.5 Å². The van der Waals surface area contributed by atoms with Crippen molar-refractivity contribution in [1.82, 2.24) is 15.0 Å². The number of hydrogen-bond acceptors (Lipinski definition) is 9. The van der Waals surface area contributed by atoms with Crippen LogP contribution in [-0.4, -0.2) is 41.2 Å². The number of nitriles is 1. The first-order valence-electron chi connectivity index (χ1n) is 8.61. The van der Waals surface area contributed by atoms with E-state index in [0.717, 1.165) is 25.7 Å². The van der Waals surface area contributed by atoms with Gasteiger partial charge in [-0.25, -0.2) is 14.8 Å². The van der Waals surface area contributed by atoms with Gasteiger partial charge in [-0.05, 0) is 25.7 Å². The Kier molecular flexibility index (Phi) is 5.66. The van der Waals surface area contributed by atoms with Gasteiger partial charge >= 0.3 is 5.97 Å². The smallest absolute Gasteiger partial charge is 0.341 e. The topological polar surface area (TPSA) is 122 Å². The van der Waals surface area contributed by atoms with Crippen LogP contribution in [0.1, 0.15) is 41.7 Å². The number of esters is 1. The van der Waals surface area contributed by atoms with E-state index in [4.69, 9.17) is 9.47 Å². The maximum atomic E-state index is 11.8. The third-order valence-electron chi connectivity index (χ3n) is 4.26. The predicted molar refractivity (Wildman–Crippen MR) is 98.0 cm³/mol. The Labute approximate surface area is 156 Å². The normalized spacial score (nSPS) is 13.7. The van der Waals surface area contributed by atoms with Crippen molar-refractivity contribution in [1.29, 1.82) is 5.26 Å². The van der Waals surface area contributed by atoms with Gasteiger partial charge in [0.05, 0.1) is 19.0 Å². The number of nitrogens with zero attached hydrogens (tertiary/aromatic N) is 4. The highest BCUT2D eigenvalue weighted by Gasteiger charge is 2.20. The molecule has 1 aliphatic carbocycles. The van der Waals surface area contributed by atoms with Crippen molar-refractivity contribution in [3.63, 3.8) is 0 Å². The minimum atomic E-state index is -0.483. The molecule has 9 heteroatoms. The largest absolute Gasteiger partial charge is 0.472 e. The van der Waals surface area contributed by atoms with Crippen LogP contribution in [0.3, 0.4) is 0 Å². The fraction of sp³-hybridized carbons (Fsp3) is 0.389. The molecule has 2 aromatic rings. The Morgan fingerprint density at radius 2 is 2.04 bits per heavy atom. The second kappa shape index (κ2) is 8.31. The molecule has 0 aliphatic heterocycles. The van der Waals surface area contributed by atoms with E-state index in [1.165, 1.54) is 19.5 Å². The van der Waals surface area contributed by atoms with E-state index in [-0.39, 0.29) is 17.7 Å². The number of anilines is 3. The second-order valence-corrected chi connectivity index (χ2v) is 6.03. The van der Waals surface area contributed by atoms with E-state index < -0.39 is 5.97 Å². The van der Waals surface area contributed by atoms with Crippen molar-refractivity contribution in [3.8, 4) is 11.9 Å². The van der Waals surface area contributed by atoms with Crippen LogP contribution in [0, 0.1) is 11.3 Å². The molecule has 0 bridgehead atoms. The standard InChI is InChI=1S/C18H20N6O3/c1-20-13-7-15(22-9-12(13)18(25)26-2)23-16-10-21-14(8-19)17(24-16)27-11-5-3-4-6-11/h7,9-11H,3-6H2,1-2H3,(H2,20,22,23,24). The zero-order valence-electron chi connectivity index (χ0n) is 15.2. The summed E-state index contributed by atoms with van der Waals surface area (Å²) in [7, 11) is 3.01. The number of nitrogens with one attached hydrogen (secondary N) is 2. The molecule has 0 saturated heterocycles. The fourth-order valence-electron chi connectivity index (χ4n) is 2.89. The Balaban J connectivity index is 1.82. The first-order valence-corrected chi connectivity index (χ1v) is 8.61. The van der Waals surface area contributed by atoms with Crippen LogP contribution in [-0.2, 0) is 4.74 Å². The summed E-state index contributed by atoms with van der Waals surface area (Å²) in [6.07, 6.45) is 7.04. The molecule has 0 amide bonds. The maximum Gasteiger partial charge on any atom is 0.341 e. The summed E-state index contributed by atoms with van der Waals surface area (Å²) in [6.45, 7) is 0. The van der Waals surface area contributed by atoms with Gasteiger partial charge in [0.25, 0.3) is 5.88 Å². The molecule has 9 nitrogen and oxygen atoms in total. The fourth-order valence-corrected chi connectivity index (χ4v) is 2.89. The SMILES string of the molecule is CNc1cc(Nc2cnc(C#N)c(OC3CCCC3)n2)ncc1C(=O)OC. The Morgan fingerprint density at radius 3 is 2.70 bits per heavy atom. The van der Waals surface area contributed by atoms with Crippen LogP contribution in [0.2, 0.25) is 0 Å². The summed E-state index contributed by atoms with van der Waals surface area (Å²) in [4.78, 5) is 24.4. The van der Waals surface area contributed by atoms with Gasteiger partial charge in [-0.2, -0.15) is 10.2 Å². The van der Waals surface area contributed by atoms with E-state index in [9.17, 15) is 10.1 Å². The zero-order chi connectivity index (χ0) is 19.2. The molecule has 3 rings (SSSR count). The van der Waals surface area contributed by atoms with Gasteiger partial charge in [-0.1, -0.05) is 0 Å². The number of methoxy groups -OCH3 is 1. The number of rotatable bonds is 6. The minimum absolute atomic E-state index is 0.0648. The average molecular weight is 368 g/mol. The van der Waals surface area contributed by atoms with Crippen molar-refractivity contribution in [3.05, 3.63) is 29.7 Å². The van der Waals surface area contributed by atoms with Crippen molar-refractivity contribution in [2.24, 2.45) is 0 Å². The molecule has 0 spiro atoms. The number of carbonyl (C=O) groups is 1. The van der Waals surface area contributed by atoms with Crippen LogP contribution < -0.4 is 15.4 Å². The van der Waals surface area contributed by atoms with Gasteiger partial charge in [-0.3, -0.25) is 0 Å². The molecular formula is C18H20N6O3. The molecule has 0 radical (unpaired) electrons. The first kappa shape index (κ1) is 18.4. The number of ether oxygens (including phenoxy) is 2. The molecule has 2 heterocycles. The van der Waals surface area contributed by atoms with Gasteiger partial charge in [-0.15, -0.1) is 0 Å². The van der Waals surface area contributed by atoms with E-state index >= 15 is 0 Å². The molecule has 0 atom stereocenters. The first-order chi connectivity index (χ1) is 13.1. The molecule has 27 heavy (non-hydrogen) atoms. The number of aromatic nitrogens is 3. The lowest BCUT2D eigenvalue weighted by Crippen LogP contribution is -2.14. The van der Waals surface area contributed by atoms with E-state index in [0.29, 0.717) is 22.9 Å². The highest BCUT2D eigenvalue weighted by atomic mass is 16.5. The third kappa shape index (κ3) is 4.23. The molecule has 0 aromatic carbocycles. The van der Waals surface area contributed by atoms with E-state index in [2.05, 4.69) is 25.6 Å². The Bertz CT molecular complexity index is 874. The van der Waals surface area contributed by atoms with E-state index in [1.807, 2.05) is 6.07 Å². The van der Waals surface area contributed by atoms with Crippen molar-refractivity contribution >= 4 is 23.3 Å². The van der Waals surface area contributed by atoms with Crippen molar-refractivity contribution in [2.45, 2.75) is 31.8 Å². The Hall–Kier alpha value is -3.41. The molecule has 2 N–H and O–H groups in total. The summed E-state index contributed by atoms with van der Waals surface area (Å²) in [5.41, 5.74) is 1.03. The van der Waals surface area contributed by atoms with Crippen LogP contribution in [0.25, 0.3) is 0 Å². The quantitative estimate of drug-likeness (QED) is 0.741. The summed E-state index contributed by atoms with van der Waals surface area (Å²) in [6, 6.07) is 3.66. The molecule has 1 saturated carbocycles. The van der Waals surface area contributed by atoms with Gasteiger partial charge in [0.15, 0.2) is 5.82 Å². The number of carbonyl (C=O) groups excluding carboxylic acids is 1. The average Bonchev–Trinajstić information content (AvgIpc) is 3.20. The molecule has 1 fully saturated rings. The number of hydrogen-bond donors (Lipinski definition) is 2. The monoisotopic (exact) mass is 368 g/mol. The molecular weight excluding hydrogens is 348 g/mol. The highest BCUT2D eigenvalue weighted by Crippen LogP contribution is 2.26. The lowest BCUT2D eigenvalue weighted by atomic mass is 10.2. The van der Waals surface area contributed by atoms with Crippen LogP contribution in [0.4, 0.5) is 17.3 Å². The summed E-state index contributed by atoms with van der Waals surface area (Å²) in [5.74, 6) is 0.582. The second-order valence-electron chi connectivity index (χ2n) is 6.03. The van der Waals surface area contributed by atoms with Crippen LogP contribution >= 0.6 is 0 Å². The lowest BCUT2D eigenvalue weighted by molar-refractivity contribution is 0.0601. The summed E-state index contributed by atoms with van der Waals surface area (Å²) in [5, 5.41) is 15.2. The zero-order valence-corrected chi connectivity index (χ0v) is 15.2. The Morgan fingerprint density at radius 1 is 1.26 bits per heavy atom. The van der Waals surface area contributed by atoms with Crippen molar-refractivity contribution < 1.29 is 14.3 Å².